The molecule has 0 aromatic heterocycles. The SMILES string of the molecule is CC1(C(=O)O)CC(C#N)C1. The van der Waals surface area contributed by atoms with Crippen molar-refractivity contribution < 1.29 is 9.90 Å². The maximum absolute atomic E-state index is 10.5. The zero-order valence-electron chi connectivity index (χ0n) is 5.79. The van der Waals surface area contributed by atoms with Crippen LogP contribution in [0.1, 0.15) is 19.8 Å². The van der Waals surface area contributed by atoms with Gasteiger partial charge in [0, 0.05) is 5.92 Å². The van der Waals surface area contributed by atoms with Gasteiger partial charge in [-0.1, -0.05) is 0 Å². The molecule has 0 heterocycles. The van der Waals surface area contributed by atoms with E-state index in [0.717, 1.165) is 0 Å². The first-order chi connectivity index (χ1) is 4.58. The number of hydrogen-bond acceptors (Lipinski definition) is 2. The van der Waals surface area contributed by atoms with Gasteiger partial charge in [-0.05, 0) is 19.8 Å². The molecule has 1 aliphatic carbocycles. The van der Waals surface area contributed by atoms with Crippen LogP contribution in [0.25, 0.3) is 0 Å². The average molecular weight is 139 g/mol. The van der Waals surface area contributed by atoms with Crippen LogP contribution >= 0.6 is 0 Å². The van der Waals surface area contributed by atoms with Crippen LogP contribution in [0.15, 0.2) is 0 Å². The largest absolute Gasteiger partial charge is 0.481 e. The molecule has 0 atom stereocenters. The fourth-order valence-electron chi connectivity index (χ4n) is 1.29. The molecule has 0 aromatic rings. The van der Waals surface area contributed by atoms with Crippen LogP contribution in [0.2, 0.25) is 0 Å². The molecular weight excluding hydrogens is 130 g/mol. The van der Waals surface area contributed by atoms with Crippen molar-refractivity contribution in [2.24, 2.45) is 11.3 Å². The Kier molecular flexibility index (Phi) is 1.40. The summed E-state index contributed by atoms with van der Waals surface area (Å²) in [5.74, 6) is -0.805. The van der Waals surface area contributed by atoms with Gasteiger partial charge in [-0.2, -0.15) is 5.26 Å². The molecule has 1 fully saturated rings. The summed E-state index contributed by atoms with van der Waals surface area (Å²) >= 11 is 0. The fourth-order valence-corrected chi connectivity index (χ4v) is 1.29. The zero-order chi connectivity index (χ0) is 7.78. The highest BCUT2D eigenvalue weighted by atomic mass is 16.4. The summed E-state index contributed by atoms with van der Waals surface area (Å²) in [6.07, 6.45) is 1.03. The Hall–Kier alpha value is -1.04. The minimum absolute atomic E-state index is 0.0268. The van der Waals surface area contributed by atoms with Crippen LogP contribution < -0.4 is 0 Å². The summed E-state index contributed by atoms with van der Waals surface area (Å²) in [6, 6.07) is 2.05. The van der Waals surface area contributed by atoms with Gasteiger partial charge in [0.1, 0.15) is 0 Å². The van der Waals surface area contributed by atoms with Crippen molar-refractivity contribution in [3.05, 3.63) is 0 Å². The first kappa shape index (κ1) is 7.07. The average Bonchev–Trinajstić information content (AvgIpc) is 1.80. The summed E-state index contributed by atoms with van der Waals surface area (Å²) in [4.78, 5) is 10.5. The van der Waals surface area contributed by atoms with E-state index in [1.165, 1.54) is 0 Å². The third kappa shape index (κ3) is 0.860. The standard InChI is InChI=1S/C7H9NO2/c1-7(6(9)10)2-5(3-7)4-8/h5H,2-3H2,1H3,(H,9,10). The van der Waals surface area contributed by atoms with Crippen LogP contribution in [0, 0.1) is 22.7 Å². The van der Waals surface area contributed by atoms with Gasteiger partial charge in [-0.15, -0.1) is 0 Å². The van der Waals surface area contributed by atoms with E-state index in [4.69, 9.17) is 10.4 Å². The number of rotatable bonds is 1. The smallest absolute Gasteiger partial charge is 0.309 e. The van der Waals surface area contributed by atoms with Crippen LogP contribution in [-0.4, -0.2) is 11.1 Å². The molecule has 10 heavy (non-hydrogen) atoms. The molecule has 0 spiro atoms. The van der Waals surface area contributed by atoms with E-state index in [0.29, 0.717) is 12.8 Å². The van der Waals surface area contributed by atoms with E-state index in [1.807, 2.05) is 6.07 Å². The van der Waals surface area contributed by atoms with Crippen molar-refractivity contribution >= 4 is 5.97 Å². The lowest BCUT2D eigenvalue weighted by Gasteiger charge is -2.37. The predicted molar refractivity (Wildman–Crippen MR) is 34.1 cm³/mol. The van der Waals surface area contributed by atoms with E-state index in [1.54, 1.807) is 6.92 Å². The topological polar surface area (TPSA) is 61.1 Å². The Bertz CT molecular complexity index is 198. The number of hydrogen-bond donors (Lipinski definition) is 1. The lowest BCUT2D eigenvalue weighted by molar-refractivity contribution is -0.154. The second kappa shape index (κ2) is 1.98. The first-order valence-electron chi connectivity index (χ1n) is 3.21. The van der Waals surface area contributed by atoms with E-state index < -0.39 is 11.4 Å². The molecule has 3 nitrogen and oxygen atoms in total. The molecule has 1 rings (SSSR count). The monoisotopic (exact) mass is 139 g/mol. The third-order valence-electron chi connectivity index (χ3n) is 2.09. The molecule has 0 aliphatic heterocycles. The van der Waals surface area contributed by atoms with Gasteiger partial charge in [0.15, 0.2) is 0 Å². The van der Waals surface area contributed by atoms with Gasteiger partial charge in [0.2, 0.25) is 0 Å². The molecule has 1 saturated carbocycles. The normalized spacial score (nSPS) is 37.8. The van der Waals surface area contributed by atoms with Crippen molar-refractivity contribution in [1.29, 1.82) is 5.26 Å². The summed E-state index contributed by atoms with van der Waals surface area (Å²) in [7, 11) is 0. The van der Waals surface area contributed by atoms with Gasteiger partial charge >= 0.3 is 5.97 Å². The highest BCUT2D eigenvalue weighted by Gasteiger charge is 2.46. The van der Waals surface area contributed by atoms with Gasteiger partial charge in [-0.3, -0.25) is 4.79 Å². The Labute approximate surface area is 59.3 Å². The van der Waals surface area contributed by atoms with Gasteiger partial charge in [-0.25, -0.2) is 0 Å². The Morgan fingerprint density at radius 1 is 1.80 bits per heavy atom. The molecule has 0 bridgehead atoms. The maximum Gasteiger partial charge on any atom is 0.309 e. The van der Waals surface area contributed by atoms with Gasteiger partial charge in [0.05, 0.1) is 11.5 Å². The number of carboxylic acids is 1. The van der Waals surface area contributed by atoms with Crippen LogP contribution in [-0.2, 0) is 4.79 Å². The van der Waals surface area contributed by atoms with Gasteiger partial charge in [0.25, 0.3) is 0 Å². The lowest BCUT2D eigenvalue weighted by Crippen LogP contribution is -2.40. The molecule has 0 amide bonds. The Balaban J connectivity index is 2.51. The second-order valence-corrected chi connectivity index (χ2v) is 3.10. The summed E-state index contributed by atoms with van der Waals surface area (Å²) in [5.41, 5.74) is -0.611. The molecule has 1 N–H and O–H groups in total. The van der Waals surface area contributed by atoms with Crippen molar-refractivity contribution in [3.8, 4) is 6.07 Å². The molecule has 1 aliphatic rings. The maximum atomic E-state index is 10.5. The Morgan fingerprint density at radius 3 is 2.60 bits per heavy atom. The molecule has 3 heteroatoms. The molecular formula is C7H9NO2. The van der Waals surface area contributed by atoms with Crippen LogP contribution in [0.3, 0.4) is 0 Å². The van der Waals surface area contributed by atoms with Crippen molar-refractivity contribution in [2.45, 2.75) is 19.8 Å². The predicted octanol–water partition coefficient (Wildman–Crippen LogP) is 1.01. The molecule has 0 aromatic carbocycles. The van der Waals surface area contributed by atoms with Crippen molar-refractivity contribution in [2.75, 3.05) is 0 Å². The number of aliphatic carboxylic acids is 1. The second-order valence-electron chi connectivity index (χ2n) is 3.10. The quantitative estimate of drug-likeness (QED) is 0.589. The van der Waals surface area contributed by atoms with Crippen molar-refractivity contribution in [3.63, 3.8) is 0 Å². The van der Waals surface area contributed by atoms with Crippen LogP contribution in [0.4, 0.5) is 0 Å². The highest BCUT2D eigenvalue weighted by Crippen LogP contribution is 2.44. The van der Waals surface area contributed by atoms with E-state index in [2.05, 4.69) is 0 Å². The molecule has 54 valence electrons. The van der Waals surface area contributed by atoms with E-state index in [-0.39, 0.29) is 5.92 Å². The van der Waals surface area contributed by atoms with Gasteiger partial charge < -0.3 is 5.11 Å². The lowest BCUT2D eigenvalue weighted by atomic mass is 9.64. The summed E-state index contributed by atoms with van der Waals surface area (Å²) < 4.78 is 0. The van der Waals surface area contributed by atoms with Crippen LogP contribution in [0.5, 0.6) is 0 Å². The molecule has 0 unspecified atom stereocenters. The van der Waals surface area contributed by atoms with E-state index >= 15 is 0 Å². The number of nitrogens with zero attached hydrogens (tertiary/aromatic N) is 1. The minimum atomic E-state index is -0.779. The molecule has 0 saturated heterocycles. The zero-order valence-corrected chi connectivity index (χ0v) is 5.79. The first-order valence-corrected chi connectivity index (χ1v) is 3.21. The number of carboxylic acid groups (broad SMARTS) is 1. The highest BCUT2D eigenvalue weighted by molar-refractivity contribution is 5.75. The fraction of sp³-hybridized carbons (Fsp3) is 0.714. The summed E-state index contributed by atoms with van der Waals surface area (Å²) in [6.45, 7) is 1.68. The third-order valence-corrected chi connectivity index (χ3v) is 2.09. The van der Waals surface area contributed by atoms with E-state index in [9.17, 15) is 4.79 Å². The minimum Gasteiger partial charge on any atom is -0.481 e. The Morgan fingerprint density at radius 2 is 2.30 bits per heavy atom. The number of carbonyl (C=O) groups is 1. The number of nitriles is 1. The molecule has 0 radical (unpaired) electrons. The van der Waals surface area contributed by atoms with Crippen molar-refractivity contribution in [1.82, 2.24) is 0 Å². The summed E-state index contributed by atoms with van der Waals surface area (Å²) in [5, 5.41) is 17.0.